The van der Waals surface area contributed by atoms with Crippen molar-refractivity contribution in [2.24, 2.45) is 0 Å². The van der Waals surface area contributed by atoms with Crippen molar-refractivity contribution in [2.45, 2.75) is 12.0 Å². The van der Waals surface area contributed by atoms with E-state index in [1.54, 1.807) is 19.2 Å². The number of rotatable bonds is 6. The van der Waals surface area contributed by atoms with Gasteiger partial charge in [-0.1, -0.05) is 23.7 Å². The molecule has 0 bridgehead atoms. The summed E-state index contributed by atoms with van der Waals surface area (Å²) in [6.07, 6.45) is 1.10. The lowest BCUT2D eigenvalue weighted by atomic mass is 10.2. The molecule has 1 heterocycles. The number of amides is 2. The molecule has 1 aliphatic rings. The highest BCUT2D eigenvalue weighted by Crippen LogP contribution is 2.19. The summed E-state index contributed by atoms with van der Waals surface area (Å²) in [5, 5.41) is 0.178. The lowest BCUT2D eigenvalue weighted by Crippen LogP contribution is -2.50. The third-order valence-electron chi connectivity index (χ3n) is 3.00. The molecule has 2 N–H and O–H groups in total. The quantitative estimate of drug-likeness (QED) is 0.743. The third-order valence-corrected chi connectivity index (χ3v) is 4.41. The van der Waals surface area contributed by atoms with Gasteiger partial charge >= 0.3 is 6.03 Å². The second-order valence-electron chi connectivity index (χ2n) is 4.65. The first-order valence-corrected chi connectivity index (χ1v) is 8.30. The number of nitrogens with one attached hydrogen (secondary N) is 1. The molecule has 23 heavy (non-hydrogen) atoms. The number of methoxy groups -OCH3 is 1. The number of hydrogen-bond donors (Lipinski definition) is 2. The topological polar surface area (TPSA) is 105 Å². The number of halogens is 1. The van der Waals surface area contributed by atoms with Gasteiger partial charge in [0.15, 0.2) is 5.37 Å². The molecular formula is C13H15ClN2O6S. The zero-order valence-corrected chi connectivity index (χ0v) is 13.7. The summed E-state index contributed by atoms with van der Waals surface area (Å²) < 4.78 is 41.5. The van der Waals surface area contributed by atoms with Crippen LogP contribution in [-0.2, 0) is 21.5 Å². The molecule has 1 unspecified atom stereocenters. The fraction of sp³-hybridized carbons (Fsp3) is 0.308. The van der Waals surface area contributed by atoms with E-state index >= 15 is 0 Å². The molecule has 0 aliphatic carbocycles. The molecule has 126 valence electrons. The first-order valence-electron chi connectivity index (χ1n) is 6.42. The van der Waals surface area contributed by atoms with E-state index in [1.165, 1.54) is 0 Å². The van der Waals surface area contributed by atoms with Crippen molar-refractivity contribution < 1.29 is 27.2 Å². The maximum absolute atomic E-state index is 11.8. The van der Waals surface area contributed by atoms with Crippen LogP contribution >= 0.6 is 11.6 Å². The van der Waals surface area contributed by atoms with E-state index in [2.05, 4.69) is 5.32 Å². The molecule has 0 saturated heterocycles. The van der Waals surface area contributed by atoms with Crippen LogP contribution in [0.2, 0.25) is 0 Å². The number of carbonyl (C=O) groups is 1. The molecule has 1 aromatic carbocycles. The van der Waals surface area contributed by atoms with Gasteiger partial charge in [-0.3, -0.25) is 9.45 Å². The monoisotopic (exact) mass is 362 g/mol. The summed E-state index contributed by atoms with van der Waals surface area (Å²) in [6.45, 7) is 0.104. The van der Waals surface area contributed by atoms with Gasteiger partial charge in [-0.25, -0.2) is 4.79 Å². The standard InChI is InChI=1S/C13H15ClN2O6S/c1-21-10-4-2-9(3-5-10)7-22-8-16-6-11(14)12(15-13(16)17)23(18,19)20/h2-6,12H,7-8H2,1H3,(H,15,17)(H,18,19,20). The minimum atomic E-state index is -4.51. The number of benzene rings is 1. The zero-order valence-electron chi connectivity index (χ0n) is 12.1. The van der Waals surface area contributed by atoms with Crippen molar-refractivity contribution in [1.82, 2.24) is 10.2 Å². The number of carbonyl (C=O) groups excluding carboxylic acids is 1. The second kappa shape index (κ2) is 7.18. The highest BCUT2D eigenvalue weighted by Gasteiger charge is 2.34. The molecule has 0 saturated carbocycles. The van der Waals surface area contributed by atoms with Crippen LogP contribution in [0.1, 0.15) is 5.56 Å². The summed E-state index contributed by atoms with van der Waals surface area (Å²) >= 11 is 5.75. The Morgan fingerprint density at radius 3 is 2.57 bits per heavy atom. The van der Waals surface area contributed by atoms with Gasteiger partial charge in [0.05, 0.1) is 18.7 Å². The Labute approximate surface area is 138 Å². The number of urea groups is 1. The van der Waals surface area contributed by atoms with Gasteiger partial charge in [-0.2, -0.15) is 8.42 Å². The normalized spacial score (nSPS) is 18.4. The number of ether oxygens (including phenoxy) is 2. The van der Waals surface area contributed by atoms with E-state index in [-0.39, 0.29) is 18.4 Å². The van der Waals surface area contributed by atoms with E-state index in [0.29, 0.717) is 0 Å². The van der Waals surface area contributed by atoms with Crippen molar-refractivity contribution in [3.8, 4) is 5.75 Å². The largest absolute Gasteiger partial charge is 0.497 e. The van der Waals surface area contributed by atoms with Crippen LogP contribution in [0, 0.1) is 0 Å². The molecule has 8 nitrogen and oxygen atoms in total. The molecule has 0 radical (unpaired) electrons. The Morgan fingerprint density at radius 1 is 1.35 bits per heavy atom. The molecule has 2 rings (SSSR count). The highest BCUT2D eigenvalue weighted by molar-refractivity contribution is 7.86. The molecule has 0 spiro atoms. The van der Waals surface area contributed by atoms with Crippen molar-refractivity contribution in [1.29, 1.82) is 0 Å². The summed E-state index contributed by atoms with van der Waals surface area (Å²) in [5.74, 6) is 0.718. The smallest absolute Gasteiger partial charge is 0.324 e. The van der Waals surface area contributed by atoms with Crippen molar-refractivity contribution in [3.63, 3.8) is 0 Å². The Balaban J connectivity index is 1.93. The summed E-state index contributed by atoms with van der Waals surface area (Å²) in [5.41, 5.74) is 0.870. The number of hydrogen-bond acceptors (Lipinski definition) is 5. The van der Waals surface area contributed by atoms with Gasteiger partial charge in [0, 0.05) is 6.20 Å². The van der Waals surface area contributed by atoms with E-state index in [1.807, 2.05) is 12.1 Å². The molecule has 1 atom stereocenters. The van der Waals surface area contributed by atoms with Crippen LogP contribution in [0.5, 0.6) is 5.75 Å². The van der Waals surface area contributed by atoms with Crippen LogP contribution in [0.25, 0.3) is 0 Å². The van der Waals surface area contributed by atoms with Crippen molar-refractivity contribution >= 4 is 27.8 Å². The first kappa shape index (κ1) is 17.5. The molecule has 10 heteroatoms. The maximum Gasteiger partial charge on any atom is 0.324 e. The van der Waals surface area contributed by atoms with E-state index < -0.39 is 21.5 Å². The van der Waals surface area contributed by atoms with Crippen LogP contribution in [-0.4, -0.2) is 43.1 Å². The lowest BCUT2D eigenvalue weighted by molar-refractivity contribution is 0.0553. The highest BCUT2D eigenvalue weighted by atomic mass is 35.5. The van der Waals surface area contributed by atoms with Gasteiger partial charge < -0.3 is 14.8 Å². The second-order valence-corrected chi connectivity index (χ2v) is 6.59. The Bertz CT molecular complexity index is 704. The summed E-state index contributed by atoms with van der Waals surface area (Å²) in [7, 11) is -2.95. The molecular weight excluding hydrogens is 348 g/mol. The Hall–Kier alpha value is -1.81. The van der Waals surface area contributed by atoms with Gasteiger partial charge in [0.25, 0.3) is 10.1 Å². The Morgan fingerprint density at radius 2 is 2.00 bits per heavy atom. The predicted octanol–water partition coefficient (Wildman–Crippen LogP) is 1.49. The Kier molecular flexibility index (Phi) is 5.47. The van der Waals surface area contributed by atoms with E-state index in [9.17, 15) is 13.2 Å². The van der Waals surface area contributed by atoms with E-state index in [4.69, 9.17) is 25.6 Å². The molecule has 1 aliphatic heterocycles. The molecule has 0 aromatic heterocycles. The minimum absolute atomic E-state index is 0.133. The average molecular weight is 363 g/mol. The fourth-order valence-corrected chi connectivity index (χ4v) is 2.94. The molecule has 1 aromatic rings. The first-order chi connectivity index (χ1) is 10.8. The zero-order chi connectivity index (χ0) is 17.0. The van der Waals surface area contributed by atoms with Crippen molar-refractivity contribution in [2.75, 3.05) is 13.8 Å². The van der Waals surface area contributed by atoms with Crippen LogP contribution in [0.3, 0.4) is 0 Å². The fourth-order valence-electron chi connectivity index (χ4n) is 1.84. The van der Waals surface area contributed by atoms with E-state index in [0.717, 1.165) is 22.4 Å². The van der Waals surface area contributed by atoms with Crippen LogP contribution in [0.15, 0.2) is 35.5 Å². The van der Waals surface area contributed by atoms with Crippen LogP contribution < -0.4 is 10.1 Å². The van der Waals surface area contributed by atoms with Gasteiger partial charge in [-0.15, -0.1) is 0 Å². The molecule has 0 fully saturated rings. The van der Waals surface area contributed by atoms with Gasteiger partial charge in [0.2, 0.25) is 0 Å². The maximum atomic E-state index is 11.8. The molecule has 2 amide bonds. The predicted molar refractivity (Wildman–Crippen MR) is 82.3 cm³/mol. The minimum Gasteiger partial charge on any atom is -0.497 e. The third kappa shape index (κ3) is 4.58. The summed E-state index contributed by atoms with van der Waals surface area (Å²) in [6, 6.07) is 6.43. The lowest BCUT2D eigenvalue weighted by Gasteiger charge is -2.27. The summed E-state index contributed by atoms with van der Waals surface area (Å²) in [4.78, 5) is 12.8. The van der Waals surface area contributed by atoms with Gasteiger partial charge in [-0.05, 0) is 17.7 Å². The average Bonchev–Trinajstić information content (AvgIpc) is 2.50. The van der Waals surface area contributed by atoms with Crippen LogP contribution in [0.4, 0.5) is 4.79 Å². The van der Waals surface area contributed by atoms with Gasteiger partial charge in [0.1, 0.15) is 12.5 Å². The number of nitrogens with zero attached hydrogens (tertiary/aromatic N) is 1. The SMILES string of the molecule is COc1ccc(COCN2C=C(Cl)C(S(=O)(=O)O)NC2=O)cc1. The van der Waals surface area contributed by atoms with Crippen molar-refractivity contribution in [3.05, 3.63) is 41.1 Å².